The highest BCUT2D eigenvalue weighted by Crippen LogP contribution is 2.30. The summed E-state index contributed by atoms with van der Waals surface area (Å²) in [4.78, 5) is 24.4. The number of aromatic nitrogens is 4. The molecule has 1 aliphatic rings. The number of carbonyl (C=O) groups is 1. The van der Waals surface area contributed by atoms with Crippen LogP contribution in [0.5, 0.6) is 0 Å². The number of ketones is 1. The Balaban J connectivity index is 1.31. The molecule has 33 heavy (non-hydrogen) atoms. The maximum atomic E-state index is 13.0. The number of benzene rings is 1. The molecular formula is C25H25N5OS2. The van der Waals surface area contributed by atoms with Gasteiger partial charge in [-0.15, -0.1) is 22.0 Å². The number of Topliss-reactive ketones (excluding diaryl/α,β-unsaturated/α-hetero) is 1. The van der Waals surface area contributed by atoms with Crippen LogP contribution in [0.1, 0.15) is 33.9 Å². The number of fused-ring (bicyclic) bond motifs is 1. The lowest BCUT2D eigenvalue weighted by Gasteiger charge is -2.28. The largest absolute Gasteiger partial charge is 0.306 e. The number of hydrogen-bond acceptors (Lipinski definition) is 8. The normalized spacial score (nSPS) is 15.2. The van der Waals surface area contributed by atoms with Crippen LogP contribution >= 0.6 is 23.1 Å². The Labute approximate surface area is 201 Å². The first-order valence-electron chi connectivity index (χ1n) is 11.1. The highest BCUT2D eigenvalue weighted by molar-refractivity contribution is 7.99. The van der Waals surface area contributed by atoms with E-state index in [4.69, 9.17) is 0 Å². The van der Waals surface area contributed by atoms with E-state index in [0.29, 0.717) is 10.8 Å². The van der Waals surface area contributed by atoms with Crippen LogP contribution in [0, 0.1) is 6.92 Å². The summed E-state index contributed by atoms with van der Waals surface area (Å²) in [5.74, 6) is 0.0605. The van der Waals surface area contributed by atoms with Gasteiger partial charge in [0.25, 0.3) is 0 Å². The zero-order valence-electron chi connectivity index (χ0n) is 18.7. The first-order valence-corrected chi connectivity index (χ1v) is 12.8. The summed E-state index contributed by atoms with van der Waals surface area (Å²) in [7, 11) is 2.16. The van der Waals surface area contributed by atoms with Crippen LogP contribution in [0.3, 0.4) is 0 Å². The predicted octanol–water partition coefficient (Wildman–Crippen LogP) is 5.07. The first-order chi connectivity index (χ1) is 16.0. The molecule has 0 saturated carbocycles. The van der Waals surface area contributed by atoms with Gasteiger partial charge in [-0.3, -0.25) is 9.78 Å². The monoisotopic (exact) mass is 475 g/mol. The predicted molar refractivity (Wildman–Crippen MR) is 134 cm³/mol. The Morgan fingerprint density at radius 2 is 1.94 bits per heavy atom. The Hall–Kier alpha value is -2.68. The number of hydrogen-bond donors (Lipinski definition) is 0. The van der Waals surface area contributed by atoms with Gasteiger partial charge in [0.05, 0.1) is 11.4 Å². The van der Waals surface area contributed by atoms with Crippen molar-refractivity contribution in [3.05, 3.63) is 65.1 Å². The minimum atomic E-state index is 0.0605. The van der Waals surface area contributed by atoms with Crippen molar-refractivity contribution in [1.82, 2.24) is 25.1 Å². The molecule has 0 spiro atoms. The van der Waals surface area contributed by atoms with Crippen LogP contribution in [0.25, 0.3) is 21.3 Å². The molecule has 1 aromatic carbocycles. The molecule has 0 unspecified atom stereocenters. The highest BCUT2D eigenvalue weighted by atomic mass is 32.2. The van der Waals surface area contributed by atoms with Crippen LogP contribution in [0.4, 0.5) is 0 Å². The second-order valence-corrected chi connectivity index (χ2v) is 11.0. The zero-order valence-corrected chi connectivity index (χ0v) is 20.3. The summed E-state index contributed by atoms with van der Waals surface area (Å²) in [6.07, 6.45) is 6.15. The molecule has 0 N–H and O–H groups in total. The molecule has 0 amide bonds. The summed E-state index contributed by atoms with van der Waals surface area (Å²) >= 11 is 3.36. The molecular weight excluding hydrogens is 450 g/mol. The number of pyridine rings is 2. The maximum absolute atomic E-state index is 13.0. The third-order valence-corrected chi connectivity index (χ3v) is 8.06. The molecule has 6 nitrogen and oxygen atoms in total. The van der Waals surface area contributed by atoms with E-state index in [-0.39, 0.29) is 12.2 Å². The van der Waals surface area contributed by atoms with Crippen LogP contribution in [-0.4, -0.2) is 56.2 Å². The fraction of sp³-hybridized carbons (Fsp3) is 0.320. The SMILES string of the molecule is Cc1nnc(-c2ccc3cnc(CC(=O)c4ccnc(SC5CCN(C)CC5)c4)cc3c2)s1. The van der Waals surface area contributed by atoms with Gasteiger partial charge in [0.1, 0.15) is 10.0 Å². The van der Waals surface area contributed by atoms with Crippen molar-refractivity contribution in [1.29, 1.82) is 0 Å². The van der Waals surface area contributed by atoms with E-state index in [1.54, 1.807) is 35.4 Å². The van der Waals surface area contributed by atoms with Crippen LogP contribution in [0.2, 0.25) is 0 Å². The molecule has 0 atom stereocenters. The maximum Gasteiger partial charge on any atom is 0.168 e. The summed E-state index contributed by atoms with van der Waals surface area (Å²) < 4.78 is 0. The molecule has 0 radical (unpaired) electrons. The van der Waals surface area contributed by atoms with Gasteiger partial charge in [0, 0.05) is 39.9 Å². The topological polar surface area (TPSA) is 71.9 Å². The van der Waals surface area contributed by atoms with Gasteiger partial charge in [-0.05, 0) is 69.6 Å². The van der Waals surface area contributed by atoms with Crippen LogP contribution in [0.15, 0.2) is 53.8 Å². The number of thioether (sulfide) groups is 1. The molecule has 3 aromatic heterocycles. The van der Waals surface area contributed by atoms with Gasteiger partial charge >= 0.3 is 0 Å². The average molecular weight is 476 g/mol. The fourth-order valence-electron chi connectivity index (χ4n) is 4.02. The molecule has 8 heteroatoms. The summed E-state index contributed by atoms with van der Waals surface area (Å²) in [6.45, 7) is 4.18. The average Bonchev–Trinajstić information content (AvgIpc) is 3.26. The van der Waals surface area contributed by atoms with Crippen molar-refractivity contribution < 1.29 is 4.79 Å². The van der Waals surface area contributed by atoms with Crippen molar-refractivity contribution in [2.24, 2.45) is 0 Å². The number of aryl methyl sites for hydroxylation is 1. The van der Waals surface area contributed by atoms with Crippen molar-refractivity contribution in [2.75, 3.05) is 20.1 Å². The second-order valence-electron chi connectivity index (χ2n) is 8.47. The van der Waals surface area contributed by atoms with Crippen molar-refractivity contribution in [3.8, 4) is 10.6 Å². The van der Waals surface area contributed by atoms with E-state index in [2.05, 4.69) is 38.2 Å². The molecule has 1 saturated heterocycles. The smallest absolute Gasteiger partial charge is 0.168 e. The molecule has 1 fully saturated rings. The Morgan fingerprint density at radius 3 is 2.73 bits per heavy atom. The first kappa shape index (κ1) is 22.1. The quantitative estimate of drug-likeness (QED) is 0.361. The summed E-state index contributed by atoms with van der Waals surface area (Å²) in [5.41, 5.74) is 2.49. The minimum absolute atomic E-state index is 0.0605. The van der Waals surface area contributed by atoms with Crippen molar-refractivity contribution in [3.63, 3.8) is 0 Å². The molecule has 0 aliphatic carbocycles. The number of piperidine rings is 1. The molecule has 0 bridgehead atoms. The summed E-state index contributed by atoms with van der Waals surface area (Å²) in [5, 5.41) is 13.8. The molecule has 1 aliphatic heterocycles. The van der Waals surface area contributed by atoms with Crippen LogP contribution < -0.4 is 0 Å². The Kier molecular flexibility index (Phi) is 6.48. The van der Waals surface area contributed by atoms with Crippen molar-refractivity contribution >= 4 is 39.7 Å². The Morgan fingerprint density at radius 1 is 1.09 bits per heavy atom. The third kappa shape index (κ3) is 5.29. The number of likely N-dealkylation sites (tertiary alicyclic amines) is 1. The van der Waals surface area contributed by atoms with E-state index in [1.165, 1.54) is 0 Å². The number of nitrogens with zero attached hydrogens (tertiary/aromatic N) is 5. The lowest BCUT2D eigenvalue weighted by molar-refractivity contribution is 0.0991. The van der Waals surface area contributed by atoms with E-state index >= 15 is 0 Å². The standard InChI is InChI=1S/C25H25N5OS2/c1-16-28-29-25(32-16)18-3-4-19-15-27-21(12-20(19)11-18)14-23(31)17-5-8-26-24(13-17)33-22-6-9-30(2)10-7-22/h3-5,8,11-13,15,22H,6-7,9-10,14H2,1-2H3. The van der Waals surface area contributed by atoms with E-state index < -0.39 is 0 Å². The number of carbonyl (C=O) groups excluding carboxylic acids is 1. The van der Waals surface area contributed by atoms with Gasteiger partial charge in [-0.1, -0.05) is 23.5 Å². The molecule has 5 rings (SSSR count). The van der Waals surface area contributed by atoms with Gasteiger partial charge in [0.15, 0.2) is 5.78 Å². The third-order valence-electron chi connectivity index (χ3n) is 5.90. The van der Waals surface area contributed by atoms with Gasteiger partial charge in [-0.2, -0.15) is 0 Å². The van der Waals surface area contributed by atoms with E-state index in [0.717, 1.165) is 63.0 Å². The minimum Gasteiger partial charge on any atom is -0.306 e. The summed E-state index contributed by atoms with van der Waals surface area (Å²) in [6, 6.07) is 11.9. The number of rotatable bonds is 6. The van der Waals surface area contributed by atoms with Crippen molar-refractivity contribution in [2.45, 2.75) is 36.5 Å². The van der Waals surface area contributed by atoms with Gasteiger partial charge < -0.3 is 4.90 Å². The van der Waals surface area contributed by atoms with Crippen LogP contribution in [-0.2, 0) is 6.42 Å². The fourth-order valence-corrected chi connectivity index (χ4v) is 5.81. The lowest BCUT2D eigenvalue weighted by Crippen LogP contribution is -2.31. The molecule has 4 aromatic rings. The zero-order chi connectivity index (χ0) is 22.8. The molecule has 168 valence electrons. The highest BCUT2D eigenvalue weighted by Gasteiger charge is 2.19. The van der Waals surface area contributed by atoms with E-state index in [1.807, 2.05) is 37.4 Å². The van der Waals surface area contributed by atoms with Gasteiger partial charge in [0.2, 0.25) is 0 Å². The van der Waals surface area contributed by atoms with E-state index in [9.17, 15) is 4.79 Å². The lowest BCUT2D eigenvalue weighted by atomic mass is 10.0. The second kappa shape index (κ2) is 9.67. The Bertz CT molecular complexity index is 1300. The molecule has 4 heterocycles. The van der Waals surface area contributed by atoms with Gasteiger partial charge in [-0.25, -0.2) is 4.98 Å².